The Morgan fingerprint density at radius 2 is 2.44 bits per heavy atom. The number of aromatic nitrogens is 2. The predicted molar refractivity (Wildman–Crippen MR) is 72.6 cm³/mol. The van der Waals surface area contributed by atoms with Crippen molar-refractivity contribution < 1.29 is 5.11 Å². The zero-order chi connectivity index (χ0) is 13.0. The summed E-state index contributed by atoms with van der Waals surface area (Å²) in [7, 11) is 1.96. The third-order valence-corrected chi connectivity index (χ3v) is 4.27. The Morgan fingerprint density at radius 3 is 3.11 bits per heavy atom. The van der Waals surface area contributed by atoms with Crippen LogP contribution in [0.1, 0.15) is 50.9 Å². The van der Waals surface area contributed by atoms with Crippen LogP contribution in [0.3, 0.4) is 0 Å². The second-order valence-corrected chi connectivity index (χ2v) is 5.44. The van der Waals surface area contributed by atoms with Crippen molar-refractivity contribution in [2.45, 2.75) is 57.0 Å². The highest BCUT2D eigenvalue weighted by Crippen LogP contribution is 2.35. The van der Waals surface area contributed by atoms with E-state index < -0.39 is 0 Å². The van der Waals surface area contributed by atoms with Crippen molar-refractivity contribution in [3.8, 4) is 0 Å². The van der Waals surface area contributed by atoms with Gasteiger partial charge in [-0.05, 0) is 39.2 Å². The molecule has 0 radical (unpaired) electrons. The van der Waals surface area contributed by atoms with Crippen LogP contribution >= 0.6 is 0 Å². The fraction of sp³-hybridized carbons (Fsp3) is 0.786. The molecule has 1 aliphatic carbocycles. The second kappa shape index (κ2) is 5.85. The molecule has 0 amide bonds. The van der Waals surface area contributed by atoms with Gasteiger partial charge in [0.1, 0.15) is 5.82 Å². The van der Waals surface area contributed by atoms with Crippen LogP contribution in [-0.2, 0) is 6.42 Å². The van der Waals surface area contributed by atoms with Crippen LogP contribution in [0.25, 0.3) is 0 Å². The zero-order valence-corrected chi connectivity index (χ0v) is 11.5. The number of aryl methyl sites for hydroxylation is 1. The highest BCUT2D eigenvalue weighted by molar-refractivity contribution is 5.01. The fourth-order valence-corrected chi connectivity index (χ4v) is 3.11. The van der Waals surface area contributed by atoms with Gasteiger partial charge in [-0.1, -0.05) is 6.92 Å². The SMILES string of the molecule is CCCc1nccn1C1CCCC(CO)(NC)C1. The van der Waals surface area contributed by atoms with Crippen LogP contribution in [0.2, 0.25) is 0 Å². The number of aliphatic hydroxyl groups is 1. The minimum atomic E-state index is -0.101. The molecule has 2 N–H and O–H groups in total. The van der Waals surface area contributed by atoms with Crippen molar-refractivity contribution >= 4 is 0 Å². The summed E-state index contributed by atoms with van der Waals surface area (Å²) in [5.74, 6) is 1.19. The topological polar surface area (TPSA) is 50.1 Å². The first-order valence-electron chi connectivity index (χ1n) is 7.06. The van der Waals surface area contributed by atoms with Crippen molar-refractivity contribution in [2.75, 3.05) is 13.7 Å². The van der Waals surface area contributed by atoms with Crippen molar-refractivity contribution in [3.63, 3.8) is 0 Å². The first kappa shape index (κ1) is 13.6. The molecule has 1 aromatic rings. The summed E-state index contributed by atoms with van der Waals surface area (Å²) in [5.41, 5.74) is -0.101. The van der Waals surface area contributed by atoms with Crippen LogP contribution in [0.5, 0.6) is 0 Å². The van der Waals surface area contributed by atoms with E-state index in [2.05, 4.69) is 28.0 Å². The number of rotatable bonds is 5. The van der Waals surface area contributed by atoms with Gasteiger partial charge in [0.2, 0.25) is 0 Å². The lowest BCUT2D eigenvalue weighted by molar-refractivity contribution is 0.104. The van der Waals surface area contributed by atoms with E-state index in [0.717, 1.165) is 32.1 Å². The minimum Gasteiger partial charge on any atom is -0.394 e. The van der Waals surface area contributed by atoms with Gasteiger partial charge in [0, 0.05) is 30.4 Å². The predicted octanol–water partition coefficient (Wildman–Crippen LogP) is 1.90. The highest BCUT2D eigenvalue weighted by atomic mass is 16.3. The Balaban J connectivity index is 2.15. The number of nitrogens with one attached hydrogen (secondary N) is 1. The lowest BCUT2D eigenvalue weighted by Gasteiger charge is -2.40. The maximum Gasteiger partial charge on any atom is 0.108 e. The summed E-state index contributed by atoms with van der Waals surface area (Å²) in [6, 6.07) is 0.474. The van der Waals surface area contributed by atoms with E-state index in [0.29, 0.717) is 6.04 Å². The Kier molecular flexibility index (Phi) is 4.40. The number of imidazole rings is 1. The molecule has 2 atom stereocenters. The standard InChI is InChI=1S/C14H25N3O/c1-3-5-13-16-8-9-17(13)12-6-4-7-14(10-12,11-18)15-2/h8-9,12,15,18H,3-7,10-11H2,1-2H3. The average molecular weight is 251 g/mol. The molecule has 2 rings (SSSR count). The summed E-state index contributed by atoms with van der Waals surface area (Å²) in [5, 5.41) is 13.0. The van der Waals surface area contributed by atoms with Gasteiger partial charge in [-0.25, -0.2) is 4.98 Å². The van der Waals surface area contributed by atoms with Crippen molar-refractivity contribution in [1.82, 2.24) is 14.9 Å². The van der Waals surface area contributed by atoms with Crippen molar-refractivity contribution in [1.29, 1.82) is 0 Å². The first-order valence-corrected chi connectivity index (χ1v) is 7.06. The van der Waals surface area contributed by atoms with E-state index in [1.165, 1.54) is 12.2 Å². The number of likely N-dealkylation sites (N-methyl/N-ethyl adjacent to an activating group) is 1. The smallest absolute Gasteiger partial charge is 0.108 e. The Bertz CT molecular complexity index is 371. The lowest BCUT2D eigenvalue weighted by atomic mass is 9.79. The second-order valence-electron chi connectivity index (χ2n) is 5.44. The molecular formula is C14H25N3O. The minimum absolute atomic E-state index is 0.101. The van der Waals surface area contributed by atoms with Gasteiger partial charge >= 0.3 is 0 Å². The fourth-order valence-electron chi connectivity index (χ4n) is 3.11. The average Bonchev–Trinajstić information content (AvgIpc) is 2.87. The van der Waals surface area contributed by atoms with Crippen LogP contribution in [0, 0.1) is 0 Å². The molecule has 0 aliphatic heterocycles. The van der Waals surface area contributed by atoms with E-state index in [1.807, 2.05) is 13.2 Å². The lowest BCUT2D eigenvalue weighted by Crippen LogP contribution is -2.50. The summed E-state index contributed by atoms with van der Waals surface area (Å²) in [4.78, 5) is 4.46. The number of hydrogen-bond acceptors (Lipinski definition) is 3. The van der Waals surface area contributed by atoms with E-state index in [-0.39, 0.29) is 12.1 Å². The van der Waals surface area contributed by atoms with Gasteiger partial charge in [0.15, 0.2) is 0 Å². The van der Waals surface area contributed by atoms with Gasteiger partial charge in [-0.2, -0.15) is 0 Å². The molecule has 0 aromatic carbocycles. The summed E-state index contributed by atoms with van der Waals surface area (Å²) < 4.78 is 2.32. The van der Waals surface area contributed by atoms with Crippen molar-refractivity contribution in [3.05, 3.63) is 18.2 Å². The third-order valence-electron chi connectivity index (χ3n) is 4.27. The molecule has 102 valence electrons. The molecule has 4 heteroatoms. The largest absolute Gasteiger partial charge is 0.394 e. The Labute approximate surface area is 109 Å². The highest BCUT2D eigenvalue weighted by Gasteiger charge is 2.35. The van der Waals surface area contributed by atoms with Gasteiger partial charge in [-0.3, -0.25) is 0 Å². The summed E-state index contributed by atoms with van der Waals surface area (Å²) in [6.45, 7) is 2.41. The van der Waals surface area contributed by atoms with E-state index in [4.69, 9.17) is 0 Å². The molecule has 0 bridgehead atoms. The molecule has 18 heavy (non-hydrogen) atoms. The van der Waals surface area contributed by atoms with E-state index in [9.17, 15) is 5.11 Å². The summed E-state index contributed by atoms with van der Waals surface area (Å²) in [6.07, 6.45) is 10.6. The number of hydrogen-bond donors (Lipinski definition) is 2. The van der Waals surface area contributed by atoms with Gasteiger partial charge in [-0.15, -0.1) is 0 Å². The molecule has 4 nitrogen and oxygen atoms in total. The molecule has 0 spiro atoms. The van der Waals surface area contributed by atoms with Gasteiger partial charge < -0.3 is 15.0 Å². The molecule has 2 unspecified atom stereocenters. The van der Waals surface area contributed by atoms with Crippen molar-refractivity contribution in [2.24, 2.45) is 0 Å². The maximum atomic E-state index is 9.64. The summed E-state index contributed by atoms with van der Waals surface area (Å²) >= 11 is 0. The normalized spacial score (nSPS) is 28.5. The van der Waals surface area contributed by atoms with E-state index >= 15 is 0 Å². The maximum absolute atomic E-state index is 9.64. The zero-order valence-electron chi connectivity index (χ0n) is 11.5. The van der Waals surface area contributed by atoms with Crippen LogP contribution < -0.4 is 5.32 Å². The van der Waals surface area contributed by atoms with Gasteiger partial charge in [0.25, 0.3) is 0 Å². The van der Waals surface area contributed by atoms with Crippen LogP contribution in [0.15, 0.2) is 12.4 Å². The molecule has 1 aliphatic rings. The van der Waals surface area contributed by atoms with Crippen LogP contribution in [0.4, 0.5) is 0 Å². The third kappa shape index (κ3) is 2.59. The quantitative estimate of drug-likeness (QED) is 0.840. The van der Waals surface area contributed by atoms with Crippen LogP contribution in [-0.4, -0.2) is 33.9 Å². The first-order chi connectivity index (χ1) is 8.74. The monoisotopic (exact) mass is 251 g/mol. The Morgan fingerprint density at radius 1 is 1.61 bits per heavy atom. The molecule has 1 saturated carbocycles. The van der Waals surface area contributed by atoms with E-state index in [1.54, 1.807) is 0 Å². The molecule has 0 saturated heterocycles. The molecule has 1 fully saturated rings. The number of aliphatic hydroxyl groups excluding tert-OH is 1. The van der Waals surface area contributed by atoms with Gasteiger partial charge in [0.05, 0.1) is 6.61 Å². The molecule has 1 heterocycles. The molecular weight excluding hydrogens is 226 g/mol. The molecule has 1 aromatic heterocycles. The number of nitrogens with zero attached hydrogens (tertiary/aromatic N) is 2. The Hall–Kier alpha value is -0.870.